The second kappa shape index (κ2) is 8.32. The standard InChI is InChI=1S/C15H20O5S2/c1-3-11-20-22(18,19)13-6-4-5-12-21(16,17)15-9-7-14(2)8-10-15/h1,7-10H,4-6,11-13H2,2H3. The Balaban J connectivity index is 2.38. The van der Waals surface area contributed by atoms with Gasteiger partial charge in [0.2, 0.25) is 0 Å². The molecule has 5 nitrogen and oxygen atoms in total. The molecule has 0 saturated carbocycles. The van der Waals surface area contributed by atoms with Gasteiger partial charge in [-0.05, 0) is 31.9 Å². The first-order valence-electron chi connectivity index (χ1n) is 6.87. The highest BCUT2D eigenvalue weighted by atomic mass is 32.2. The molecule has 0 bridgehead atoms. The average molecular weight is 344 g/mol. The van der Waals surface area contributed by atoms with Gasteiger partial charge in [-0.15, -0.1) is 6.42 Å². The van der Waals surface area contributed by atoms with E-state index in [1.807, 2.05) is 6.92 Å². The molecule has 122 valence electrons. The van der Waals surface area contributed by atoms with Crippen LogP contribution in [0, 0.1) is 19.3 Å². The lowest BCUT2D eigenvalue weighted by atomic mass is 10.2. The Labute approximate surface area is 132 Å². The minimum atomic E-state index is -3.61. The zero-order valence-corrected chi connectivity index (χ0v) is 14.1. The van der Waals surface area contributed by atoms with Crippen molar-refractivity contribution in [3.05, 3.63) is 29.8 Å². The molecule has 1 rings (SSSR count). The molecular formula is C15H20O5S2. The molecule has 0 aromatic heterocycles. The fourth-order valence-corrected chi connectivity index (χ4v) is 4.09. The highest BCUT2D eigenvalue weighted by molar-refractivity contribution is 7.91. The van der Waals surface area contributed by atoms with Crippen molar-refractivity contribution in [2.24, 2.45) is 0 Å². The van der Waals surface area contributed by atoms with Gasteiger partial charge in [-0.25, -0.2) is 8.42 Å². The molecular weight excluding hydrogens is 324 g/mol. The highest BCUT2D eigenvalue weighted by Gasteiger charge is 2.14. The molecule has 0 fully saturated rings. The normalized spacial score (nSPS) is 12.0. The van der Waals surface area contributed by atoms with Gasteiger partial charge in [-0.1, -0.05) is 30.0 Å². The molecule has 0 amide bonds. The predicted molar refractivity (Wildman–Crippen MR) is 85.7 cm³/mol. The summed E-state index contributed by atoms with van der Waals surface area (Å²) in [5.41, 5.74) is 0.996. The summed E-state index contributed by atoms with van der Waals surface area (Å²) in [6.45, 7) is 1.61. The third kappa shape index (κ3) is 6.60. The minimum Gasteiger partial charge on any atom is -0.257 e. The van der Waals surface area contributed by atoms with E-state index in [0.29, 0.717) is 24.2 Å². The van der Waals surface area contributed by atoms with E-state index in [9.17, 15) is 16.8 Å². The van der Waals surface area contributed by atoms with Crippen molar-refractivity contribution in [1.29, 1.82) is 0 Å². The van der Waals surface area contributed by atoms with E-state index in [1.54, 1.807) is 24.3 Å². The van der Waals surface area contributed by atoms with Crippen molar-refractivity contribution in [3.8, 4) is 12.3 Å². The van der Waals surface area contributed by atoms with Crippen LogP contribution in [0.3, 0.4) is 0 Å². The summed E-state index contributed by atoms with van der Waals surface area (Å²) in [4.78, 5) is 0.295. The van der Waals surface area contributed by atoms with Crippen molar-refractivity contribution in [1.82, 2.24) is 0 Å². The number of terminal acetylenes is 1. The maximum absolute atomic E-state index is 12.1. The van der Waals surface area contributed by atoms with Crippen LogP contribution in [-0.2, 0) is 24.1 Å². The second-order valence-electron chi connectivity index (χ2n) is 4.92. The van der Waals surface area contributed by atoms with Crippen LogP contribution in [0.2, 0.25) is 0 Å². The molecule has 0 heterocycles. The van der Waals surface area contributed by atoms with Gasteiger partial charge in [-0.2, -0.15) is 8.42 Å². The monoisotopic (exact) mass is 344 g/mol. The van der Waals surface area contributed by atoms with E-state index in [-0.39, 0.29) is 18.1 Å². The molecule has 0 N–H and O–H groups in total. The van der Waals surface area contributed by atoms with Gasteiger partial charge in [0.1, 0.15) is 6.61 Å². The fraction of sp³-hybridized carbons (Fsp3) is 0.467. The zero-order valence-electron chi connectivity index (χ0n) is 12.5. The van der Waals surface area contributed by atoms with E-state index in [2.05, 4.69) is 10.1 Å². The van der Waals surface area contributed by atoms with E-state index >= 15 is 0 Å². The van der Waals surface area contributed by atoms with Gasteiger partial charge < -0.3 is 0 Å². The molecule has 1 aromatic carbocycles. The summed E-state index contributed by atoms with van der Waals surface area (Å²) < 4.78 is 51.4. The SMILES string of the molecule is C#CCOS(=O)(=O)CCCCCS(=O)(=O)c1ccc(C)cc1. The summed E-state index contributed by atoms with van der Waals surface area (Å²) in [6.07, 6.45) is 6.16. The van der Waals surface area contributed by atoms with Crippen molar-refractivity contribution in [2.75, 3.05) is 18.1 Å². The van der Waals surface area contributed by atoms with Gasteiger partial charge in [0.25, 0.3) is 10.1 Å². The lowest BCUT2D eigenvalue weighted by molar-refractivity contribution is 0.362. The highest BCUT2D eigenvalue weighted by Crippen LogP contribution is 2.14. The average Bonchev–Trinajstić information content (AvgIpc) is 2.45. The van der Waals surface area contributed by atoms with Gasteiger partial charge in [0.15, 0.2) is 9.84 Å². The number of hydrogen-bond donors (Lipinski definition) is 0. The van der Waals surface area contributed by atoms with E-state index < -0.39 is 20.0 Å². The maximum atomic E-state index is 12.1. The number of benzene rings is 1. The van der Waals surface area contributed by atoms with Crippen molar-refractivity contribution >= 4 is 20.0 Å². The molecule has 0 radical (unpaired) electrons. The van der Waals surface area contributed by atoms with Gasteiger partial charge in [0, 0.05) is 0 Å². The molecule has 0 aliphatic heterocycles. The van der Waals surface area contributed by atoms with Gasteiger partial charge in [0.05, 0.1) is 16.4 Å². The smallest absolute Gasteiger partial charge is 0.257 e. The molecule has 0 aliphatic carbocycles. The number of hydrogen-bond acceptors (Lipinski definition) is 5. The summed E-state index contributed by atoms with van der Waals surface area (Å²) in [7, 11) is -6.92. The lowest BCUT2D eigenvalue weighted by Crippen LogP contribution is -2.11. The molecule has 1 aromatic rings. The van der Waals surface area contributed by atoms with Crippen LogP contribution in [0.15, 0.2) is 29.2 Å². The van der Waals surface area contributed by atoms with Crippen LogP contribution in [0.25, 0.3) is 0 Å². The van der Waals surface area contributed by atoms with Crippen LogP contribution >= 0.6 is 0 Å². The first kappa shape index (κ1) is 18.7. The molecule has 0 aliphatic rings. The van der Waals surface area contributed by atoms with Gasteiger partial charge in [-0.3, -0.25) is 4.18 Å². The van der Waals surface area contributed by atoms with Gasteiger partial charge >= 0.3 is 0 Å². The van der Waals surface area contributed by atoms with Crippen LogP contribution in [0.5, 0.6) is 0 Å². The Morgan fingerprint density at radius 3 is 2.18 bits per heavy atom. The summed E-state index contributed by atoms with van der Waals surface area (Å²) in [5, 5.41) is 0. The Kier molecular flexibility index (Phi) is 7.07. The molecule has 7 heteroatoms. The second-order valence-corrected chi connectivity index (χ2v) is 8.79. The minimum absolute atomic E-state index is 0.00131. The Bertz CT molecular complexity index is 710. The fourth-order valence-electron chi connectivity index (χ4n) is 1.79. The van der Waals surface area contributed by atoms with Crippen LogP contribution in [0.1, 0.15) is 24.8 Å². The maximum Gasteiger partial charge on any atom is 0.268 e. The molecule has 0 saturated heterocycles. The Hall–Kier alpha value is -1.36. The van der Waals surface area contributed by atoms with Crippen LogP contribution < -0.4 is 0 Å². The summed E-state index contributed by atoms with van der Waals surface area (Å²) >= 11 is 0. The number of rotatable bonds is 9. The van der Waals surface area contributed by atoms with Crippen molar-refractivity contribution in [2.45, 2.75) is 31.1 Å². The predicted octanol–water partition coefficient (Wildman–Crippen LogP) is 1.92. The topological polar surface area (TPSA) is 77.5 Å². The summed E-state index contributed by atoms with van der Waals surface area (Å²) in [6, 6.07) is 6.68. The largest absolute Gasteiger partial charge is 0.268 e. The molecule has 22 heavy (non-hydrogen) atoms. The lowest BCUT2D eigenvalue weighted by Gasteiger charge is -2.05. The van der Waals surface area contributed by atoms with E-state index in [0.717, 1.165) is 5.56 Å². The van der Waals surface area contributed by atoms with Crippen LogP contribution in [-0.4, -0.2) is 34.9 Å². The van der Waals surface area contributed by atoms with E-state index in [1.165, 1.54) is 0 Å². The Morgan fingerprint density at radius 2 is 1.59 bits per heavy atom. The molecule has 0 unspecified atom stereocenters. The van der Waals surface area contributed by atoms with Crippen molar-refractivity contribution in [3.63, 3.8) is 0 Å². The van der Waals surface area contributed by atoms with Crippen molar-refractivity contribution < 1.29 is 21.0 Å². The number of unbranched alkanes of at least 4 members (excludes halogenated alkanes) is 2. The number of aryl methyl sites for hydroxylation is 1. The van der Waals surface area contributed by atoms with E-state index in [4.69, 9.17) is 6.42 Å². The third-order valence-electron chi connectivity index (χ3n) is 3.01. The summed E-state index contributed by atoms with van der Waals surface area (Å²) in [5.74, 6) is 1.93. The first-order valence-corrected chi connectivity index (χ1v) is 10.1. The molecule has 0 atom stereocenters. The first-order chi connectivity index (χ1) is 10.3. The Morgan fingerprint density at radius 1 is 1.00 bits per heavy atom. The number of sulfone groups is 1. The third-order valence-corrected chi connectivity index (χ3v) is 6.09. The molecule has 0 spiro atoms. The zero-order chi connectivity index (χ0) is 16.6. The van der Waals surface area contributed by atoms with Crippen LogP contribution in [0.4, 0.5) is 0 Å². The quantitative estimate of drug-likeness (QED) is 0.388.